The number of carbonyl (C=O) groups is 1. The summed E-state index contributed by atoms with van der Waals surface area (Å²) in [5, 5.41) is 12.6. The Labute approximate surface area is 135 Å². The van der Waals surface area contributed by atoms with Crippen molar-refractivity contribution in [1.29, 1.82) is 0 Å². The summed E-state index contributed by atoms with van der Waals surface area (Å²) in [6.07, 6.45) is 3.15. The van der Waals surface area contributed by atoms with Gasteiger partial charge in [0.25, 0.3) is 5.91 Å². The Kier molecular flexibility index (Phi) is 5.34. The Hall–Kier alpha value is -1.69. The molecule has 1 N–H and O–H groups in total. The molecule has 0 aliphatic carbocycles. The summed E-state index contributed by atoms with van der Waals surface area (Å²) >= 11 is 1.46. The van der Waals surface area contributed by atoms with Gasteiger partial charge in [0.1, 0.15) is 5.01 Å². The number of hydrogen-bond acceptors (Lipinski definition) is 4. The predicted molar refractivity (Wildman–Crippen MR) is 90.8 cm³/mol. The van der Waals surface area contributed by atoms with Crippen LogP contribution in [0.3, 0.4) is 0 Å². The monoisotopic (exact) mass is 320 g/mol. The van der Waals surface area contributed by atoms with Crippen molar-refractivity contribution >= 4 is 22.4 Å². The number of aryl methyl sites for hydroxylation is 2. The van der Waals surface area contributed by atoms with Crippen molar-refractivity contribution in [1.82, 2.24) is 14.8 Å². The molecule has 0 saturated carbocycles. The first-order valence-corrected chi connectivity index (χ1v) is 8.57. The lowest BCUT2D eigenvalue weighted by atomic mass is 10.2. The van der Waals surface area contributed by atoms with E-state index in [1.165, 1.54) is 11.3 Å². The number of aromatic nitrogens is 3. The summed E-state index contributed by atoms with van der Waals surface area (Å²) < 4.78 is 2.17. The van der Waals surface area contributed by atoms with E-state index in [4.69, 9.17) is 0 Å². The molecule has 0 atom stereocenters. The minimum Gasteiger partial charge on any atom is -0.346 e. The van der Waals surface area contributed by atoms with Gasteiger partial charge in [0.15, 0.2) is 0 Å². The average Bonchev–Trinajstić information content (AvgIpc) is 3.00. The number of hydrogen-bond donors (Lipinski definition) is 1. The molecule has 0 saturated heterocycles. The predicted octanol–water partition coefficient (Wildman–Crippen LogP) is 4.13. The molecule has 0 radical (unpaired) electrons. The Morgan fingerprint density at radius 2 is 2.09 bits per heavy atom. The van der Waals surface area contributed by atoms with Crippen molar-refractivity contribution in [2.75, 3.05) is 5.32 Å². The summed E-state index contributed by atoms with van der Waals surface area (Å²) in [7, 11) is 0. The smallest absolute Gasteiger partial charge is 0.259 e. The van der Waals surface area contributed by atoms with Gasteiger partial charge in [0, 0.05) is 23.9 Å². The quantitative estimate of drug-likeness (QED) is 0.870. The second kappa shape index (κ2) is 7.05. The normalized spacial score (nSPS) is 11.2. The summed E-state index contributed by atoms with van der Waals surface area (Å²) in [5.41, 5.74) is 2.79. The minimum atomic E-state index is -0.113. The number of amides is 1. The molecule has 0 fully saturated rings. The number of anilines is 1. The summed E-state index contributed by atoms with van der Waals surface area (Å²) in [4.78, 5) is 12.5. The van der Waals surface area contributed by atoms with Crippen LogP contribution in [-0.2, 0) is 6.42 Å². The van der Waals surface area contributed by atoms with Crippen molar-refractivity contribution in [2.24, 2.45) is 0 Å². The molecular formula is C16H24N4OS. The fourth-order valence-corrected chi connectivity index (χ4v) is 3.48. The zero-order chi connectivity index (χ0) is 16.3. The van der Waals surface area contributed by atoms with Gasteiger partial charge in [-0.05, 0) is 40.2 Å². The van der Waals surface area contributed by atoms with Crippen LogP contribution in [-0.4, -0.2) is 20.7 Å². The van der Waals surface area contributed by atoms with Gasteiger partial charge in [-0.25, -0.2) is 0 Å². The first-order valence-electron chi connectivity index (χ1n) is 7.76. The number of unbranched alkanes of at least 4 members (excludes halogenated alkanes) is 1. The molecule has 22 heavy (non-hydrogen) atoms. The Morgan fingerprint density at radius 3 is 2.68 bits per heavy atom. The lowest BCUT2D eigenvalue weighted by Crippen LogP contribution is -2.13. The van der Waals surface area contributed by atoms with Gasteiger partial charge in [-0.2, -0.15) is 0 Å². The molecule has 2 rings (SSSR count). The molecule has 2 aromatic heterocycles. The second-order valence-corrected chi connectivity index (χ2v) is 6.87. The standard InChI is InChI=1S/C16H24N4OS/c1-6-7-8-14-18-19-16(22-14)17-15(21)13-9-11(4)20(10(2)3)12(13)5/h9-10H,6-8H2,1-5H3,(H,17,19,21). The lowest BCUT2D eigenvalue weighted by molar-refractivity contribution is 0.102. The lowest BCUT2D eigenvalue weighted by Gasteiger charge is -2.13. The largest absolute Gasteiger partial charge is 0.346 e. The highest BCUT2D eigenvalue weighted by atomic mass is 32.1. The van der Waals surface area contributed by atoms with Crippen LogP contribution in [0, 0.1) is 13.8 Å². The van der Waals surface area contributed by atoms with Crippen molar-refractivity contribution < 1.29 is 4.79 Å². The third-order valence-corrected chi connectivity index (χ3v) is 4.58. The van der Waals surface area contributed by atoms with E-state index in [1.807, 2.05) is 19.9 Å². The van der Waals surface area contributed by atoms with Gasteiger partial charge in [-0.15, -0.1) is 10.2 Å². The van der Waals surface area contributed by atoms with Crippen LogP contribution in [0.5, 0.6) is 0 Å². The van der Waals surface area contributed by atoms with E-state index in [1.54, 1.807) is 0 Å². The van der Waals surface area contributed by atoms with Crippen LogP contribution in [0.1, 0.15) is 66.4 Å². The maximum absolute atomic E-state index is 12.5. The number of carbonyl (C=O) groups excluding carboxylic acids is 1. The highest BCUT2D eigenvalue weighted by Gasteiger charge is 2.18. The van der Waals surface area contributed by atoms with Crippen molar-refractivity contribution in [3.8, 4) is 0 Å². The molecule has 0 aliphatic heterocycles. The van der Waals surface area contributed by atoms with E-state index in [0.29, 0.717) is 16.7 Å². The number of nitrogens with zero attached hydrogens (tertiary/aromatic N) is 3. The summed E-state index contributed by atoms with van der Waals surface area (Å²) in [6.45, 7) is 10.4. The van der Waals surface area contributed by atoms with Crippen LogP contribution >= 0.6 is 11.3 Å². The Morgan fingerprint density at radius 1 is 1.36 bits per heavy atom. The maximum Gasteiger partial charge on any atom is 0.259 e. The van der Waals surface area contributed by atoms with Gasteiger partial charge >= 0.3 is 0 Å². The third-order valence-electron chi connectivity index (χ3n) is 3.68. The zero-order valence-corrected chi connectivity index (χ0v) is 14.8. The fraction of sp³-hybridized carbons (Fsp3) is 0.562. The van der Waals surface area contributed by atoms with E-state index in [9.17, 15) is 4.79 Å². The molecule has 0 aromatic carbocycles. The number of nitrogens with one attached hydrogen (secondary N) is 1. The highest BCUT2D eigenvalue weighted by Crippen LogP contribution is 2.22. The first-order chi connectivity index (χ1) is 10.4. The molecule has 6 heteroatoms. The van der Waals surface area contributed by atoms with Crippen LogP contribution < -0.4 is 5.32 Å². The van der Waals surface area contributed by atoms with Crippen LogP contribution in [0.25, 0.3) is 0 Å². The van der Waals surface area contributed by atoms with Crippen LogP contribution in [0.15, 0.2) is 6.07 Å². The van der Waals surface area contributed by atoms with Gasteiger partial charge in [-0.1, -0.05) is 24.7 Å². The van der Waals surface area contributed by atoms with Crippen molar-refractivity contribution in [3.05, 3.63) is 28.0 Å². The van der Waals surface area contributed by atoms with E-state index >= 15 is 0 Å². The molecule has 0 aliphatic rings. The number of rotatable bonds is 6. The van der Waals surface area contributed by atoms with E-state index in [0.717, 1.165) is 35.7 Å². The highest BCUT2D eigenvalue weighted by molar-refractivity contribution is 7.15. The first kappa shape index (κ1) is 16.7. The molecule has 1 amide bonds. The van der Waals surface area contributed by atoms with E-state index < -0.39 is 0 Å². The topological polar surface area (TPSA) is 59.8 Å². The minimum absolute atomic E-state index is 0.113. The molecular weight excluding hydrogens is 296 g/mol. The Bertz CT molecular complexity index is 657. The summed E-state index contributed by atoms with van der Waals surface area (Å²) in [6, 6.07) is 2.27. The summed E-state index contributed by atoms with van der Waals surface area (Å²) in [5.74, 6) is -0.113. The average molecular weight is 320 g/mol. The molecule has 120 valence electrons. The van der Waals surface area contributed by atoms with Gasteiger partial charge in [0.2, 0.25) is 5.13 Å². The van der Waals surface area contributed by atoms with E-state index in [-0.39, 0.29) is 5.91 Å². The van der Waals surface area contributed by atoms with Crippen LogP contribution in [0.4, 0.5) is 5.13 Å². The van der Waals surface area contributed by atoms with Gasteiger partial charge < -0.3 is 4.57 Å². The third kappa shape index (κ3) is 3.55. The fourth-order valence-electron chi connectivity index (χ4n) is 2.70. The maximum atomic E-state index is 12.5. The molecule has 5 nitrogen and oxygen atoms in total. The van der Waals surface area contributed by atoms with Crippen molar-refractivity contribution in [3.63, 3.8) is 0 Å². The molecule has 2 aromatic rings. The SMILES string of the molecule is CCCCc1nnc(NC(=O)c2cc(C)n(C(C)C)c2C)s1. The van der Waals surface area contributed by atoms with Crippen molar-refractivity contribution in [2.45, 2.75) is 59.9 Å². The van der Waals surface area contributed by atoms with Gasteiger partial charge in [0.05, 0.1) is 5.56 Å². The molecule has 2 heterocycles. The molecule has 0 spiro atoms. The van der Waals surface area contributed by atoms with Crippen LogP contribution in [0.2, 0.25) is 0 Å². The van der Waals surface area contributed by atoms with E-state index in [2.05, 4.69) is 40.9 Å². The van der Waals surface area contributed by atoms with Gasteiger partial charge in [-0.3, -0.25) is 10.1 Å². The Balaban J connectivity index is 2.12. The zero-order valence-electron chi connectivity index (χ0n) is 13.9. The second-order valence-electron chi connectivity index (χ2n) is 5.81. The molecule has 0 bridgehead atoms. The molecule has 0 unspecified atom stereocenters.